The summed E-state index contributed by atoms with van der Waals surface area (Å²) in [6, 6.07) is 5.08. The molecule has 1 saturated heterocycles. The number of aromatic nitrogens is 3. The second-order valence-electron chi connectivity index (χ2n) is 13.9. The van der Waals surface area contributed by atoms with Gasteiger partial charge in [-0.3, -0.25) is 19.1 Å². The Bertz CT molecular complexity index is 1570. The number of aliphatic hydroxyl groups is 4. The largest absolute Gasteiger partial charge is 0.477 e. The summed E-state index contributed by atoms with van der Waals surface area (Å²) in [6.45, 7) is 4.07. The SMILES string of the molecule is CC(=O)NCCOCCOCCOCCOCc1cn(CCCCCCO[C@]2(C(=O)O)C[C@H](O)[C@@H](NC(=O)CO)[C@H]([C@H](O)[C@H](O)CNC(=O)Cc3ccc(Cl)cc3)O2)nn1. The number of amides is 3. The summed E-state index contributed by atoms with van der Waals surface area (Å²) >= 11 is 5.88. The van der Waals surface area contributed by atoms with Crippen LogP contribution < -0.4 is 16.0 Å². The summed E-state index contributed by atoms with van der Waals surface area (Å²) in [7, 11) is 0. The van der Waals surface area contributed by atoms with E-state index >= 15 is 0 Å². The van der Waals surface area contributed by atoms with E-state index in [1.807, 2.05) is 0 Å². The minimum Gasteiger partial charge on any atom is -0.477 e. The van der Waals surface area contributed by atoms with Crippen LogP contribution in [0.1, 0.15) is 50.3 Å². The van der Waals surface area contributed by atoms with Gasteiger partial charge >= 0.3 is 5.97 Å². The second-order valence-corrected chi connectivity index (χ2v) is 14.4. The van der Waals surface area contributed by atoms with Crippen LogP contribution in [-0.2, 0) is 67.2 Å². The van der Waals surface area contributed by atoms with Crippen LogP contribution in [-0.4, -0.2) is 173 Å². The molecule has 2 aromatic rings. The number of rotatable bonds is 31. The molecule has 22 heteroatoms. The molecular weight excluding hydrogens is 816 g/mol. The van der Waals surface area contributed by atoms with E-state index in [4.69, 9.17) is 40.0 Å². The normalized spacial score (nSPS) is 20.0. The highest BCUT2D eigenvalue weighted by molar-refractivity contribution is 6.30. The van der Waals surface area contributed by atoms with E-state index in [1.165, 1.54) is 6.92 Å². The number of nitrogens with zero attached hydrogens (tertiary/aromatic N) is 3. The zero-order chi connectivity index (χ0) is 43.8. The lowest BCUT2D eigenvalue weighted by molar-refractivity contribution is -0.310. The van der Waals surface area contributed by atoms with E-state index in [2.05, 4.69) is 26.3 Å². The van der Waals surface area contributed by atoms with Crippen LogP contribution in [0.15, 0.2) is 30.5 Å². The van der Waals surface area contributed by atoms with Gasteiger partial charge in [0, 0.05) is 38.0 Å². The maximum atomic E-state index is 12.5. The third-order valence-corrected chi connectivity index (χ3v) is 9.33. The van der Waals surface area contributed by atoms with E-state index in [1.54, 1.807) is 35.1 Å². The Morgan fingerprint density at radius 2 is 1.57 bits per heavy atom. The fourth-order valence-electron chi connectivity index (χ4n) is 5.97. The van der Waals surface area contributed by atoms with Gasteiger partial charge in [-0.2, -0.15) is 0 Å². The lowest BCUT2D eigenvalue weighted by Crippen LogP contribution is -2.68. The molecule has 0 spiro atoms. The number of carbonyl (C=O) groups is 4. The van der Waals surface area contributed by atoms with Crippen molar-refractivity contribution in [2.45, 2.75) is 94.8 Å². The van der Waals surface area contributed by atoms with Crippen LogP contribution in [0.4, 0.5) is 0 Å². The number of carboxylic acid groups (broad SMARTS) is 1. The predicted molar refractivity (Wildman–Crippen MR) is 210 cm³/mol. The van der Waals surface area contributed by atoms with Gasteiger partial charge in [0.05, 0.1) is 90.3 Å². The van der Waals surface area contributed by atoms with Gasteiger partial charge in [-0.15, -0.1) is 5.10 Å². The highest BCUT2D eigenvalue weighted by atomic mass is 35.5. The van der Waals surface area contributed by atoms with Crippen molar-refractivity contribution in [3.05, 3.63) is 46.7 Å². The smallest absolute Gasteiger partial charge is 0.364 e. The second kappa shape index (κ2) is 27.9. The van der Waals surface area contributed by atoms with Crippen LogP contribution in [0.2, 0.25) is 5.02 Å². The molecule has 0 saturated carbocycles. The van der Waals surface area contributed by atoms with Gasteiger partial charge < -0.3 is 69.9 Å². The molecule has 8 N–H and O–H groups in total. The third-order valence-electron chi connectivity index (χ3n) is 9.08. The average Bonchev–Trinajstić information content (AvgIpc) is 3.68. The van der Waals surface area contributed by atoms with Crippen molar-refractivity contribution in [1.82, 2.24) is 30.9 Å². The van der Waals surface area contributed by atoms with Gasteiger partial charge in [-0.25, -0.2) is 4.79 Å². The molecule has 1 aliphatic rings. The van der Waals surface area contributed by atoms with Gasteiger partial charge in [-0.05, 0) is 30.5 Å². The molecule has 0 unspecified atom stereocenters. The number of unbranched alkanes of at least 4 members (excludes halogenated alkanes) is 3. The van der Waals surface area contributed by atoms with Gasteiger partial charge in [0.25, 0.3) is 5.79 Å². The predicted octanol–water partition coefficient (Wildman–Crippen LogP) is -1.30. The number of carboxylic acids is 1. The van der Waals surface area contributed by atoms with Crippen LogP contribution in [0.3, 0.4) is 0 Å². The number of aliphatic hydroxyl groups excluding tert-OH is 4. The molecule has 0 bridgehead atoms. The van der Waals surface area contributed by atoms with E-state index in [0.29, 0.717) is 88.5 Å². The zero-order valence-corrected chi connectivity index (χ0v) is 34.5. The summed E-state index contributed by atoms with van der Waals surface area (Å²) < 4.78 is 35.0. The number of ether oxygens (including phenoxy) is 6. The van der Waals surface area contributed by atoms with E-state index in [-0.39, 0.29) is 25.5 Å². The molecule has 1 aromatic heterocycles. The molecule has 0 aliphatic carbocycles. The zero-order valence-electron chi connectivity index (χ0n) is 33.7. The van der Waals surface area contributed by atoms with Crippen molar-refractivity contribution >= 4 is 35.3 Å². The Balaban J connectivity index is 1.35. The highest BCUT2D eigenvalue weighted by Crippen LogP contribution is 2.34. The van der Waals surface area contributed by atoms with Gasteiger partial charge in [0.15, 0.2) is 0 Å². The molecule has 3 amide bonds. The van der Waals surface area contributed by atoms with Gasteiger partial charge in [-0.1, -0.05) is 41.8 Å². The molecule has 60 heavy (non-hydrogen) atoms. The minimum absolute atomic E-state index is 0.0555. The summed E-state index contributed by atoms with van der Waals surface area (Å²) in [5.41, 5.74) is 1.30. The summed E-state index contributed by atoms with van der Waals surface area (Å²) in [4.78, 5) is 47.9. The van der Waals surface area contributed by atoms with E-state index in [0.717, 1.165) is 12.8 Å². The van der Waals surface area contributed by atoms with Crippen LogP contribution >= 0.6 is 11.6 Å². The monoisotopic (exact) mass is 874 g/mol. The molecule has 6 atom stereocenters. The maximum Gasteiger partial charge on any atom is 0.364 e. The van der Waals surface area contributed by atoms with Crippen LogP contribution in [0, 0.1) is 0 Å². The van der Waals surface area contributed by atoms with Crippen molar-refractivity contribution in [3.63, 3.8) is 0 Å². The number of benzene rings is 1. The number of carbonyl (C=O) groups excluding carboxylic acids is 3. The van der Waals surface area contributed by atoms with Crippen molar-refractivity contribution in [2.24, 2.45) is 0 Å². The van der Waals surface area contributed by atoms with E-state index in [9.17, 15) is 44.7 Å². The van der Waals surface area contributed by atoms with Crippen molar-refractivity contribution < 1.29 is 73.1 Å². The molecule has 338 valence electrons. The number of aliphatic carboxylic acids is 1. The minimum atomic E-state index is -2.45. The molecule has 21 nitrogen and oxygen atoms in total. The highest BCUT2D eigenvalue weighted by Gasteiger charge is 2.55. The molecule has 1 aromatic carbocycles. The Morgan fingerprint density at radius 1 is 0.917 bits per heavy atom. The first-order valence-electron chi connectivity index (χ1n) is 19.8. The average molecular weight is 875 g/mol. The summed E-state index contributed by atoms with van der Waals surface area (Å²) in [5, 5.41) is 68.5. The summed E-state index contributed by atoms with van der Waals surface area (Å²) in [6.07, 6.45) is -3.43. The standard InChI is InChI=1S/C38H59ClN6O15/c1-26(47)40-10-13-55-14-15-56-16-17-57-18-19-58-25-29-23-45(44-43-29)11-4-2-3-5-12-59-38(37(53)54)21-30(48)34(42-33(51)24-46)36(60-38)35(52)31(49)22-41-32(50)20-27-6-8-28(39)9-7-27/h6-9,23,30-31,34-36,46,48-49,52H,2-5,10-22,24-25H2,1H3,(H,40,47)(H,41,50)(H,42,51)(H,53,54)/t30-,31+,34+,35+,36+,38+/m0/s1. The number of nitrogens with one attached hydrogen (secondary N) is 3. The number of hydrogen-bond acceptors (Lipinski definition) is 16. The molecule has 1 aliphatic heterocycles. The first-order valence-corrected chi connectivity index (χ1v) is 20.2. The van der Waals surface area contributed by atoms with Gasteiger partial charge in [0.2, 0.25) is 17.7 Å². The Morgan fingerprint density at radius 3 is 2.22 bits per heavy atom. The number of halogens is 1. The number of aryl methyl sites for hydroxylation is 1. The van der Waals surface area contributed by atoms with Crippen molar-refractivity contribution in [2.75, 3.05) is 72.6 Å². The Labute approximate surface area is 352 Å². The first-order chi connectivity index (χ1) is 28.8. The van der Waals surface area contributed by atoms with Crippen molar-refractivity contribution in [3.8, 4) is 0 Å². The molecule has 0 radical (unpaired) electrons. The third kappa shape index (κ3) is 18.8. The topological polar surface area (TPSA) is 292 Å². The van der Waals surface area contributed by atoms with Crippen LogP contribution in [0.25, 0.3) is 0 Å². The molecule has 3 rings (SSSR count). The first kappa shape index (κ1) is 50.5. The quantitative estimate of drug-likeness (QED) is 0.0409. The van der Waals surface area contributed by atoms with Gasteiger partial charge in [0.1, 0.15) is 24.5 Å². The molecule has 1 fully saturated rings. The maximum absolute atomic E-state index is 12.5. The molecule has 2 heterocycles. The van der Waals surface area contributed by atoms with E-state index < -0.39 is 73.6 Å². The lowest BCUT2D eigenvalue weighted by Gasteiger charge is -2.46. The Kier molecular flexibility index (Phi) is 23.5. The fourth-order valence-corrected chi connectivity index (χ4v) is 6.10. The summed E-state index contributed by atoms with van der Waals surface area (Å²) in [5.74, 6) is -5.58. The fraction of sp³-hybridized carbons (Fsp3) is 0.684. The Hall–Kier alpha value is -3.87. The lowest BCUT2D eigenvalue weighted by atomic mass is 9.88. The number of hydrogen-bond donors (Lipinski definition) is 8. The molecular formula is C38H59ClN6O15. The van der Waals surface area contributed by atoms with Crippen LogP contribution in [0.5, 0.6) is 0 Å². The van der Waals surface area contributed by atoms with Crippen molar-refractivity contribution in [1.29, 1.82) is 0 Å².